The molecule has 0 heterocycles. The van der Waals surface area contributed by atoms with Crippen LogP contribution < -0.4 is 10.6 Å². The first-order chi connectivity index (χ1) is 16.2. The topological polar surface area (TPSA) is 136 Å². The lowest BCUT2D eigenvalue weighted by atomic mass is 10.0. The minimum absolute atomic E-state index is 0.246. The van der Waals surface area contributed by atoms with Crippen LogP contribution in [-0.4, -0.2) is 57.4 Å². The van der Waals surface area contributed by atoms with E-state index in [9.17, 15) is 29.7 Å². The molecule has 200 valence electrons. The Morgan fingerprint density at radius 3 is 1.62 bits per heavy atom. The molecule has 4 unspecified atom stereocenters. The Labute approximate surface area is 206 Å². The zero-order valence-electron chi connectivity index (χ0n) is 21.7. The lowest BCUT2D eigenvalue weighted by molar-refractivity contribution is -0.146. The fourth-order valence-corrected chi connectivity index (χ4v) is 3.94. The first kappa shape index (κ1) is 32.3. The zero-order valence-corrected chi connectivity index (χ0v) is 21.7. The van der Waals surface area contributed by atoms with Crippen molar-refractivity contribution in [1.29, 1.82) is 0 Å². The Hall–Kier alpha value is -1.67. The van der Waals surface area contributed by atoms with Gasteiger partial charge < -0.3 is 26.0 Å². The molecular weight excluding hydrogens is 436 g/mol. The lowest BCUT2D eigenvalue weighted by Gasteiger charge is -2.25. The van der Waals surface area contributed by atoms with E-state index in [1.807, 2.05) is 6.92 Å². The Bertz CT molecular complexity index is 555. The van der Waals surface area contributed by atoms with Gasteiger partial charge in [-0.15, -0.1) is 0 Å². The van der Waals surface area contributed by atoms with Crippen LogP contribution >= 0.6 is 0 Å². The third-order valence-electron chi connectivity index (χ3n) is 6.14. The Balaban J connectivity index is 4.32. The molecule has 0 radical (unpaired) electrons. The molecule has 0 aromatic rings. The minimum atomic E-state index is -1.49. The molecule has 8 nitrogen and oxygen atoms in total. The molecule has 0 bridgehead atoms. The highest BCUT2D eigenvalue weighted by Gasteiger charge is 2.33. The summed E-state index contributed by atoms with van der Waals surface area (Å²) in [5, 5.41) is 34.3. The number of rotatable bonds is 22. The van der Waals surface area contributed by atoms with Gasteiger partial charge in [-0.05, 0) is 19.8 Å². The van der Waals surface area contributed by atoms with Crippen LogP contribution in [0.15, 0.2) is 0 Å². The van der Waals surface area contributed by atoms with Gasteiger partial charge in [0.2, 0.25) is 11.8 Å². The van der Waals surface area contributed by atoms with Crippen molar-refractivity contribution < 1.29 is 29.7 Å². The van der Waals surface area contributed by atoms with Crippen molar-refractivity contribution in [3.8, 4) is 0 Å². The van der Waals surface area contributed by atoms with Crippen molar-refractivity contribution in [2.45, 2.75) is 148 Å². The summed E-state index contributed by atoms with van der Waals surface area (Å²) in [5.41, 5.74) is 0. The summed E-state index contributed by atoms with van der Waals surface area (Å²) < 4.78 is 0. The second kappa shape index (κ2) is 20.7. The molecular formula is C26H50N2O6. The Morgan fingerprint density at radius 1 is 0.676 bits per heavy atom. The maximum Gasteiger partial charge on any atom is 0.328 e. The van der Waals surface area contributed by atoms with Gasteiger partial charge in [-0.25, -0.2) is 4.79 Å². The largest absolute Gasteiger partial charge is 0.480 e. The molecule has 4 atom stereocenters. The number of aliphatic hydroxyl groups is 2. The van der Waals surface area contributed by atoms with Crippen LogP contribution in [0, 0.1) is 0 Å². The first-order valence-electron chi connectivity index (χ1n) is 13.4. The average Bonchev–Trinajstić information content (AvgIpc) is 2.78. The molecule has 2 amide bonds. The maximum atomic E-state index is 12.6. The Kier molecular flexibility index (Phi) is 19.7. The molecule has 0 saturated heterocycles. The molecule has 0 spiro atoms. The standard InChI is InChI=1S/C26H50N2O6/c1-4-6-8-9-10-11-12-13-14-15-17-19-22(31)27-23(20(3)29)25(32)28-24(26(33)34)21(30)18-16-7-5-2/h20-21,23-24,29-30H,4-19H2,1-3H3,(H,27,31)(H,28,32)(H,33,34). The van der Waals surface area contributed by atoms with Crippen LogP contribution in [0.1, 0.15) is 124 Å². The maximum absolute atomic E-state index is 12.6. The van der Waals surface area contributed by atoms with E-state index in [1.165, 1.54) is 51.9 Å². The monoisotopic (exact) mass is 486 g/mol. The number of carbonyl (C=O) groups is 3. The molecule has 0 fully saturated rings. The van der Waals surface area contributed by atoms with Crippen molar-refractivity contribution in [3.63, 3.8) is 0 Å². The van der Waals surface area contributed by atoms with Gasteiger partial charge in [0.15, 0.2) is 6.04 Å². The highest BCUT2D eigenvalue weighted by molar-refractivity contribution is 5.91. The van der Waals surface area contributed by atoms with Gasteiger partial charge in [0, 0.05) is 6.42 Å². The first-order valence-corrected chi connectivity index (χ1v) is 13.4. The summed E-state index contributed by atoms with van der Waals surface area (Å²) in [5.74, 6) is -2.52. The number of carbonyl (C=O) groups excluding carboxylic acids is 2. The third kappa shape index (κ3) is 16.0. The lowest BCUT2D eigenvalue weighted by Crippen LogP contribution is -2.58. The number of hydrogen-bond donors (Lipinski definition) is 5. The summed E-state index contributed by atoms with van der Waals surface area (Å²) in [6.07, 6.45) is 13.3. The fraction of sp³-hybridized carbons (Fsp3) is 0.885. The van der Waals surface area contributed by atoms with Gasteiger partial charge in [-0.2, -0.15) is 0 Å². The van der Waals surface area contributed by atoms with Crippen molar-refractivity contribution in [2.24, 2.45) is 0 Å². The van der Waals surface area contributed by atoms with Gasteiger partial charge in [0.05, 0.1) is 12.2 Å². The quantitative estimate of drug-likeness (QED) is 0.146. The van der Waals surface area contributed by atoms with Gasteiger partial charge >= 0.3 is 5.97 Å². The highest BCUT2D eigenvalue weighted by Crippen LogP contribution is 2.12. The summed E-state index contributed by atoms with van der Waals surface area (Å²) in [7, 11) is 0. The zero-order chi connectivity index (χ0) is 25.8. The van der Waals surface area contributed by atoms with Gasteiger partial charge in [-0.3, -0.25) is 9.59 Å². The minimum Gasteiger partial charge on any atom is -0.480 e. The van der Waals surface area contributed by atoms with Crippen LogP contribution in [0.5, 0.6) is 0 Å². The molecule has 34 heavy (non-hydrogen) atoms. The van der Waals surface area contributed by atoms with Crippen LogP contribution in [0.2, 0.25) is 0 Å². The number of nitrogens with one attached hydrogen (secondary N) is 2. The van der Waals surface area contributed by atoms with Crippen molar-refractivity contribution in [3.05, 3.63) is 0 Å². The molecule has 0 aromatic heterocycles. The van der Waals surface area contributed by atoms with E-state index in [2.05, 4.69) is 17.6 Å². The van der Waals surface area contributed by atoms with Gasteiger partial charge in [0.25, 0.3) is 0 Å². The predicted octanol–water partition coefficient (Wildman–Crippen LogP) is 4.06. The molecule has 0 aliphatic heterocycles. The van der Waals surface area contributed by atoms with Gasteiger partial charge in [-0.1, -0.05) is 97.3 Å². The molecule has 5 N–H and O–H groups in total. The van der Waals surface area contributed by atoms with Crippen LogP contribution in [0.25, 0.3) is 0 Å². The predicted molar refractivity (Wildman–Crippen MR) is 134 cm³/mol. The van der Waals surface area contributed by atoms with Crippen LogP contribution in [-0.2, 0) is 14.4 Å². The molecule has 0 aliphatic carbocycles. The highest BCUT2D eigenvalue weighted by atomic mass is 16.4. The number of aliphatic carboxylic acids is 1. The smallest absolute Gasteiger partial charge is 0.328 e. The number of hydrogen-bond acceptors (Lipinski definition) is 5. The second-order valence-electron chi connectivity index (χ2n) is 9.46. The second-order valence-corrected chi connectivity index (χ2v) is 9.46. The Morgan fingerprint density at radius 2 is 1.15 bits per heavy atom. The third-order valence-corrected chi connectivity index (χ3v) is 6.14. The summed E-state index contributed by atoms with van der Waals surface area (Å²) in [6, 6.07) is -2.76. The molecule has 8 heteroatoms. The van der Waals surface area contributed by atoms with E-state index in [0.717, 1.165) is 32.1 Å². The van der Waals surface area contributed by atoms with E-state index in [0.29, 0.717) is 12.8 Å². The summed E-state index contributed by atoms with van der Waals surface area (Å²) in [4.78, 5) is 36.4. The summed E-state index contributed by atoms with van der Waals surface area (Å²) >= 11 is 0. The number of unbranched alkanes of at least 4 members (excludes halogenated alkanes) is 12. The molecule has 0 aliphatic rings. The molecule has 0 aromatic carbocycles. The van der Waals surface area contributed by atoms with E-state index in [-0.39, 0.29) is 18.7 Å². The van der Waals surface area contributed by atoms with Crippen LogP contribution in [0.3, 0.4) is 0 Å². The number of carboxylic acids is 1. The number of carboxylic acid groups (broad SMARTS) is 1. The van der Waals surface area contributed by atoms with Crippen molar-refractivity contribution in [1.82, 2.24) is 10.6 Å². The summed E-state index contributed by atoms with van der Waals surface area (Å²) in [6.45, 7) is 5.57. The number of aliphatic hydroxyl groups excluding tert-OH is 2. The van der Waals surface area contributed by atoms with Crippen molar-refractivity contribution in [2.75, 3.05) is 0 Å². The number of amides is 2. The fourth-order valence-electron chi connectivity index (χ4n) is 3.94. The van der Waals surface area contributed by atoms with Crippen molar-refractivity contribution >= 4 is 17.8 Å². The van der Waals surface area contributed by atoms with E-state index in [1.54, 1.807) is 0 Å². The van der Waals surface area contributed by atoms with Crippen LogP contribution in [0.4, 0.5) is 0 Å². The molecule has 0 rings (SSSR count). The normalized spacial score (nSPS) is 14.7. The van der Waals surface area contributed by atoms with E-state index in [4.69, 9.17) is 0 Å². The SMILES string of the molecule is CCCCCCCCCCCCCC(=O)NC(C(=O)NC(C(=O)O)C(O)CCCCC)C(C)O. The average molecular weight is 487 g/mol. The molecule has 0 saturated carbocycles. The van der Waals surface area contributed by atoms with Gasteiger partial charge in [0.1, 0.15) is 6.04 Å². The van der Waals surface area contributed by atoms with E-state index < -0.39 is 36.2 Å². The van der Waals surface area contributed by atoms with E-state index >= 15 is 0 Å².